The summed E-state index contributed by atoms with van der Waals surface area (Å²) in [5, 5.41) is 2.05. The number of para-hydroxylation sites is 1. The van der Waals surface area contributed by atoms with E-state index in [2.05, 4.69) is 5.32 Å². The van der Waals surface area contributed by atoms with Crippen molar-refractivity contribution in [1.82, 2.24) is 4.72 Å². The highest BCUT2D eigenvalue weighted by Crippen LogP contribution is 2.34. The largest absolute Gasteiger partial charge is 0.497 e. The molecule has 26 heavy (non-hydrogen) atoms. The predicted octanol–water partition coefficient (Wildman–Crippen LogP) is 2.63. The van der Waals surface area contributed by atoms with Crippen LogP contribution in [0.2, 0.25) is 0 Å². The first-order chi connectivity index (χ1) is 12.1. The number of anilines is 1. The Bertz CT molecular complexity index is 881. The molecule has 2 aromatic carbocycles. The second-order valence-corrected chi connectivity index (χ2v) is 6.86. The maximum absolute atomic E-state index is 12.9. The van der Waals surface area contributed by atoms with Crippen LogP contribution in [0, 0.1) is 0 Å². The molecule has 0 heterocycles. The van der Waals surface area contributed by atoms with E-state index >= 15 is 0 Å². The number of rotatable bonds is 6. The molecule has 0 radical (unpaired) electrons. The Kier molecular flexibility index (Phi) is 5.88. The van der Waals surface area contributed by atoms with Gasteiger partial charge < -0.3 is 10.1 Å². The van der Waals surface area contributed by atoms with Gasteiger partial charge in [0.05, 0.1) is 29.8 Å². The van der Waals surface area contributed by atoms with Crippen molar-refractivity contribution in [1.29, 1.82) is 0 Å². The van der Waals surface area contributed by atoms with Crippen LogP contribution in [0.5, 0.6) is 5.75 Å². The minimum atomic E-state index is -4.65. The van der Waals surface area contributed by atoms with Crippen LogP contribution in [0.4, 0.5) is 18.9 Å². The van der Waals surface area contributed by atoms with Gasteiger partial charge in [-0.1, -0.05) is 12.1 Å². The second kappa shape index (κ2) is 7.75. The van der Waals surface area contributed by atoms with Crippen LogP contribution in [-0.2, 0) is 21.0 Å². The Hall–Kier alpha value is -2.59. The number of benzene rings is 2. The Balaban J connectivity index is 2.05. The first-order valence-electron chi connectivity index (χ1n) is 7.23. The van der Waals surface area contributed by atoms with Crippen LogP contribution in [0.15, 0.2) is 53.4 Å². The molecule has 10 heteroatoms. The lowest BCUT2D eigenvalue weighted by atomic mass is 10.1. The molecule has 2 N–H and O–H groups in total. The molecule has 0 atom stereocenters. The molecule has 1 amide bonds. The third-order valence-electron chi connectivity index (χ3n) is 3.30. The summed E-state index contributed by atoms with van der Waals surface area (Å²) in [4.78, 5) is 11.7. The number of sulfonamides is 1. The molecule has 0 aromatic heterocycles. The molecular formula is C16H15F3N2O4S. The van der Waals surface area contributed by atoms with Crippen LogP contribution in [0.25, 0.3) is 0 Å². The summed E-state index contributed by atoms with van der Waals surface area (Å²) in [6.07, 6.45) is -4.65. The molecule has 2 aromatic rings. The summed E-state index contributed by atoms with van der Waals surface area (Å²) in [6, 6.07) is 9.81. The molecule has 6 nitrogen and oxygen atoms in total. The standard InChI is InChI=1S/C16H15F3N2O4S/c1-25-11-6-8-12(9-7-11)26(23,24)20-10-15(22)21-14-5-3-2-4-13(14)16(17,18)19/h2-9,20H,10H2,1H3,(H,21,22). The smallest absolute Gasteiger partial charge is 0.418 e. The van der Waals surface area contributed by atoms with Gasteiger partial charge in [-0.3, -0.25) is 4.79 Å². The highest BCUT2D eigenvalue weighted by Gasteiger charge is 2.33. The molecule has 0 saturated carbocycles. The van der Waals surface area contributed by atoms with Crippen molar-refractivity contribution in [2.75, 3.05) is 19.0 Å². The summed E-state index contributed by atoms with van der Waals surface area (Å²) in [5.41, 5.74) is -1.47. The molecule has 0 fully saturated rings. The van der Waals surface area contributed by atoms with Gasteiger partial charge in [0.1, 0.15) is 5.75 Å². The van der Waals surface area contributed by atoms with Gasteiger partial charge in [0.25, 0.3) is 0 Å². The lowest BCUT2D eigenvalue weighted by Gasteiger charge is -2.13. The van der Waals surface area contributed by atoms with E-state index in [1.165, 1.54) is 43.5 Å². The fourth-order valence-corrected chi connectivity index (χ4v) is 3.01. The number of halogens is 3. The summed E-state index contributed by atoms with van der Waals surface area (Å²) in [7, 11) is -2.58. The molecular weight excluding hydrogens is 373 g/mol. The van der Waals surface area contributed by atoms with Crippen molar-refractivity contribution in [2.24, 2.45) is 0 Å². The van der Waals surface area contributed by atoms with Crippen LogP contribution < -0.4 is 14.8 Å². The zero-order valence-corrected chi connectivity index (χ0v) is 14.3. The van der Waals surface area contributed by atoms with Crippen molar-refractivity contribution in [2.45, 2.75) is 11.1 Å². The number of carbonyl (C=O) groups excluding carboxylic acids is 1. The maximum Gasteiger partial charge on any atom is 0.418 e. The van der Waals surface area contributed by atoms with Crippen molar-refractivity contribution in [3.63, 3.8) is 0 Å². The van der Waals surface area contributed by atoms with Crippen molar-refractivity contribution < 1.29 is 31.1 Å². The third-order valence-corrected chi connectivity index (χ3v) is 4.72. The van der Waals surface area contributed by atoms with E-state index in [0.29, 0.717) is 5.75 Å². The highest BCUT2D eigenvalue weighted by molar-refractivity contribution is 7.89. The van der Waals surface area contributed by atoms with E-state index in [0.717, 1.165) is 12.1 Å². The van der Waals surface area contributed by atoms with Crippen molar-refractivity contribution in [3.8, 4) is 5.75 Å². The number of carbonyl (C=O) groups is 1. The van der Waals surface area contributed by atoms with Gasteiger partial charge in [-0.2, -0.15) is 13.2 Å². The maximum atomic E-state index is 12.9. The lowest BCUT2D eigenvalue weighted by molar-refractivity contribution is -0.137. The zero-order chi connectivity index (χ0) is 19.4. The van der Waals surface area contributed by atoms with Gasteiger partial charge in [0, 0.05) is 0 Å². The van der Waals surface area contributed by atoms with Crippen molar-refractivity contribution >= 4 is 21.6 Å². The third kappa shape index (κ3) is 4.96. The van der Waals surface area contributed by atoms with Crippen LogP contribution in [-0.4, -0.2) is 28.0 Å². The molecule has 0 unspecified atom stereocenters. The van der Waals surface area contributed by atoms with Crippen LogP contribution in [0.3, 0.4) is 0 Å². The van der Waals surface area contributed by atoms with E-state index in [4.69, 9.17) is 4.74 Å². The minimum absolute atomic E-state index is 0.109. The fraction of sp³-hybridized carbons (Fsp3) is 0.188. The average Bonchev–Trinajstić information content (AvgIpc) is 2.60. The van der Waals surface area contributed by atoms with Gasteiger partial charge in [-0.05, 0) is 36.4 Å². The normalized spacial score (nSPS) is 11.8. The Labute approximate surface area is 148 Å². The Morgan fingerprint density at radius 2 is 1.69 bits per heavy atom. The van der Waals surface area contributed by atoms with E-state index in [1.54, 1.807) is 0 Å². The second-order valence-electron chi connectivity index (χ2n) is 5.09. The number of hydrogen-bond donors (Lipinski definition) is 2. The molecule has 0 saturated heterocycles. The van der Waals surface area contributed by atoms with Crippen LogP contribution in [0.1, 0.15) is 5.56 Å². The van der Waals surface area contributed by atoms with Crippen LogP contribution >= 0.6 is 0 Å². The summed E-state index contributed by atoms with van der Waals surface area (Å²) < 4.78 is 69.8. The van der Waals surface area contributed by atoms with E-state index in [9.17, 15) is 26.4 Å². The van der Waals surface area contributed by atoms with Gasteiger partial charge in [-0.25, -0.2) is 13.1 Å². The monoisotopic (exact) mass is 388 g/mol. The van der Waals surface area contributed by atoms with Gasteiger partial charge in [0.15, 0.2) is 0 Å². The Morgan fingerprint density at radius 1 is 1.08 bits per heavy atom. The predicted molar refractivity (Wildman–Crippen MR) is 88.3 cm³/mol. The minimum Gasteiger partial charge on any atom is -0.497 e. The SMILES string of the molecule is COc1ccc(S(=O)(=O)NCC(=O)Nc2ccccc2C(F)(F)F)cc1. The van der Waals surface area contributed by atoms with E-state index < -0.39 is 39.9 Å². The molecule has 0 aliphatic rings. The van der Waals surface area contributed by atoms with E-state index in [1.807, 2.05) is 4.72 Å². The summed E-state index contributed by atoms with van der Waals surface area (Å²) in [5.74, 6) is -0.482. The fourth-order valence-electron chi connectivity index (χ4n) is 2.03. The summed E-state index contributed by atoms with van der Waals surface area (Å²) in [6.45, 7) is -0.722. The topological polar surface area (TPSA) is 84.5 Å². The molecule has 0 aliphatic carbocycles. The summed E-state index contributed by atoms with van der Waals surface area (Å²) >= 11 is 0. The quantitative estimate of drug-likeness (QED) is 0.797. The molecule has 0 bridgehead atoms. The molecule has 140 valence electrons. The number of hydrogen-bond acceptors (Lipinski definition) is 4. The number of nitrogens with one attached hydrogen (secondary N) is 2. The van der Waals surface area contributed by atoms with E-state index in [-0.39, 0.29) is 4.90 Å². The number of alkyl halides is 3. The molecule has 0 aliphatic heterocycles. The number of methoxy groups -OCH3 is 1. The number of amides is 1. The molecule has 0 spiro atoms. The first kappa shape index (κ1) is 19.7. The average molecular weight is 388 g/mol. The van der Waals surface area contributed by atoms with Gasteiger partial charge in [-0.15, -0.1) is 0 Å². The van der Waals surface area contributed by atoms with Gasteiger partial charge in [0.2, 0.25) is 15.9 Å². The number of ether oxygens (including phenoxy) is 1. The Morgan fingerprint density at radius 3 is 2.27 bits per heavy atom. The first-order valence-corrected chi connectivity index (χ1v) is 8.71. The zero-order valence-electron chi connectivity index (χ0n) is 13.5. The highest BCUT2D eigenvalue weighted by atomic mass is 32.2. The van der Waals surface area contributed by atoms with Crippen molar-refractivity contribution in [3.05, 3.63) is 54.1 Å². The van der Waals surface area contributed by atoms with Gasteiger partial charge >= 0.3 is 6.18 Å². The molecule has 2 rings (SSSR count). The lowest BCUT2D eigenvalue weighted by Crippen LogP contribution is -2.33.